The topological polar surface area (TPSA) is 38.3 Å². The van der Waals surface area contributed by atoms with E-state index in [2.05, 4.69) is 5.32 Å². The van der Waals surface area contributed by atoms with Crippen LogP contribution in [0.5, 0.6) is 5.75 Å². The van der Waals surface area contributed by atoms with E-state index in [1.165, 1.54) is 0 Å². The second kappa shape index (κ2) is 5.41. The molecule has 1 rings (SSSR count). The van der Waals surface area contributed by atoms with Crippen LogP contribution in [-0.4, -0.2) is 17.6 Å². The molecule has 0 aliphatic rings. The van der Waals surface area contributed by atoms with E-state index in [1.54, 1.807) is 19.1 Å². The van der Waals surface area contributed by atoms with Crippen LogP contribution in [0.1, 0.15) is 27.7 Å². The predicted octanol–water partition coefficient (Wildman–Crippen LogP) is 3.02. The zero-order valence-electron chi connectivity index (χ0n) is 10.6. The second-order valence-corrected chi connectivity index (χ2v) is 5.34. The van der Waals surface area contributed by atoms with Crippen LogP contribution in [0.4, 0.5) is 0 Å². The van der Waals surface area contributed by atoms with Crippen molar-refractivity contribution in [1.82, 2.24) is 5.32 Å². The summed E-state index contributed by atoms with van der Waals surface area (Å²) in [6, 6.07) is 7.10. The maximum Gasteiger partial charge on any atom is 0.261 e. The Hall–Kier alpha value is -1.22. The normalized spacial score (nSPS) is 13.0. The molecule has 0 aromatic heterocycles. The first-order chi connectivity index (χ1) is 7.79. The first-order valence-corrected chi connectivity index (χ1v) is 5.90. The van der Waals surface area contributed by atoms with Crippen molar-refractivity contribution in [2.45, 2.75) is 39.3 Å². The van der Waals surface area contributed by atoms with Gasteiger partial charge in [-0.3, -0.25) is 4.79 Å². The number of carbonyl (C=O) groups excluding carboxylic acids is 1. The van der Waals surface area contributed by atoms with Crippen molar-refractivity contribution in [3.05, 3.63) is 29.3 Å². The highest BCUT2D eigenvalue weighted by molar-refractivity contribution is 6.32. The Morgan fingerprint density at radius 1 is 1.35 bits per heavy atom. The summed E-state index contributed by atoms with van der Waals surface area (Å²) in [4.78, 5) is 11.8. The highest BCUT2D eigenvalue weighted by atomic mass is 35.5. The molecule has 1 N–H and O–H groups in total. The molecular formula is C13H18ClNO2. The lowest BCUT2D eigenvalue weighted by molar-refractivity contribution is -0.128. The van der Waals surface area contributed by atoms with Gasteiger partial charge in [-0.25, -0.2) is 0 Å². The summed E-state index contributed by atoms with van der Waals surface area (Å²) in [5, 5.41) is 3.35. The number of carbonyl (C=O) groups is 1. The molecule has 0 fully saturated rings. The number of nitrogens with one attached hydrogen (secondary N) is 1. The first kappa shape index (κ1) is 13.8. The van der Waals surface area contributed by atoms with Gasteiger partial charge in [0.05, 0.1) is 5.02 Å². The van der Waals surface area contributed by atoms with Gasteiger partial charge in [0.25, 0.3) is 5.91 Å². The molecule has 0 saturated heterocycles. The highest BCUT2D eigenvalue weighted by Crippen LogP contribution is 2.24. The summed E-state index contributed by atoms with van der Waals surface area (Å²) in [6.07, 6.45) is -0.575. The smallest absolute Gasteiger partial charge is 0.261 e. The molecule has 0 aliphatic carbocycles. The van der Waals surface area contributed by atoms with Crippen LogP contribution in [0, 0.1) is 0 Å². The van der Waals surface area contributed by atoms with Gasteiger partial charge in [-0.05, 0) is 39.8 Å². The molecule has 94 valence electrons. The molecule has 0 radical (unpaired) electrons. The van der Waals surface area contributed by atoms with Crippen molar-refractivity contribution in [1.29, 1.82) is 0 Å². The number of ether oxygens (including phenoxy) is 1. The fourth-order valence-corrected chi connectivity index (χ4v) is 1.44. The lowest BCUT2D eigenvalue weighted by atomic mass is 10.1. The minimum Gasteiger partial charge on any atom is -0.479 e. The number of para-hydroxylation sites is 1. The fraction of sp³-hybridized carbons (Fsp3) is 0.462. The maximum atomic E-state index is 11.8. The van der Waals surface area contributed by atoms with Gasteiger partial charge >= 0.3 is 0 Å². The zero-order valence-corrected chi connectivity index (χ0v) is 11.3. The van der Waals surface area contributed by atoms with Gasteiger partial charge in [-0.2, -0.15) is 0 Å². The molecule has 0 unspecified atom stereocenters. The molecule has 0 aliphatic heterocycles. The third-order valence-corrected chi connectivity index (χ3v) is 2.32. The lowest BCUT2D eigenvalue weighted by Crippen LogP contribution is -2.46. The molecule has 1 atom stereocenters. The van der Waals surface area contributed by atoms with Crippen LogP contribution in [0.15, 0.2) is 24.3 Å². The second-order valence-electron chi connectivity index (χ2n) is 4.93. The van der Waals surface area contributed by atoms with Gasteiger partial charge in [0.1, 0.15) is 5.75 Å². The average molecular weight is 256 g/mol. The van der Waals surface area contributed by atoms with E-state index in [4.69, 9.17) is 16.3 Å². The van der Waals surface area contributed by atoms with Gasteiger partial charge in [-0.1, -0.05) is 23.7 Å². The number of amides is 1. The molecule has 1 amide bonds. The Kier molecular flexibility index (Phi) is 4.40. The van der Waals surface area contributed by atoms with Gasteiger partial charge in [0.2, 0.25) is 0 Å². The largest absolute Gasteiger partial charge is 0.479 e. The number of rotatable bonds is 3. The molecular weight excluding hydrogens is 238 g/mol. The lowest BCUT2D eigenvalue weighted by Gasteiger charge is -2.23. The average Bonchev–Trinajstić information content (AvgIpc) is 2.18. The first-order valence-electron chi connectivity index (χ1n) is 5.53. The minimum atomic E-state index is -0.575. The quantitative estimate of drug-likeness (QED) is 0.902. The third-order valence-electron chi connectivity index (χ3n) is 2.01. The Morgan fingerprint density at radius 2 is 1.94 bits per heavy atom. The van der Waals surface area contributed by atoms with Crippen LogP contribution in [0.2, 0.25) is 5.02 Å². The SMILES string of the molecule is C[C@@H](Oc1ccccc1Cl)C(=O)NC(C)(C)C. The van der Waals surface area contributed by atoms with Crippen molar-refractivity contribution < 1.29 is 9.53 Å². The van der Waals surface area contributed by atoms with Crippen molar-refractivity contribution >= 4 is 17.5 Å². The monoisotopic (exact) mass is 255 g/mol. The van der Waals surface area contributed by atoms with Crippen LogP contribution >= 0.6 is 11.6 Å². The van der Waals surface area contributed by atoms with Gasteiger partial charge < -0.3 is 10.1 Å². The number of benzene rings is 1. The summed E-state index contributed by atoms with van der Waals surface area (Å²) in [6.45, 7) is 7.47. The summed E-state index contributed by atoms with van der Waals surface area (Å²) in [5.74, 6) is 0.364. The van der Waals surface area contributed by atoms with E-state index < -0.39 is 6.10 Å². The molecule has 0 spiro atoms. The van der Waals surface area contributed by atoms with Crippen molar-refractivity contribution in [3.63, 3.8) is 0 Å². The molecule has 1 aromatic rings. The Balaban J connectivity index is 2.64. The molecule has 1 aromatic carbocycles. The summed E-state index contributed by atoms with van der Waals surface area (Å²) in [5.41, 5.74) is -0.269. The van der Waals surface area contributed by atoms with E-state index in [1.807, 2.05) is 32.9 Å². The van der Waals surface area contributed by atoms with Crippen molar-refractivity contribution in [3.8, 4) is 5.75 Å². The van der Waals surface area contributed by atoms with Crippen LogP contribution in [0.3, 0.4) is 0 Å². The Labute approximate surface area is 107 Å². The summed E-state index contributed by atoms with van der Waals surface area (Å²) >= 11 is 5.95. The predicted molar refractivity (Wildman–Crippen MR) is 69.4 cm³/mol. The Morgan fingerprint density at radius 3 is 2.47 bits per heavy atom. The van der Waals surface area contributed by atoms with Crippen molar-refractivity contribution in [2.75, 3.05) is 0 Å². The maximum absolute atomic E-state index is 11.8. The van der Waals surface area contributed by atoms with E-state index in [-0.39, 0.29) is 11.4 Å². The third kappa shape index (κ3) is 4.65. The van der Waals surface area contributed by atoms with E-state index in [0.717, 1.165) is 0 Å². The van der Waals surface area contributed by atoms with E-state index >= 15 is 0 Å². The fourth-order valence-electron chi connectivity index (χ4n) is 1.26. The molecule has 0 heterocycles. The van der Waals surface area contributed by atoms with Gasteiger partial charge in [0.15, 0.2) is 6.10 Å². The summed E-state index contributed by atoms with van der Waals surface area (Å²) < 4.78 is 5.51. The minimum absolute atomic E-state index is 0.155. The molecule has 0 bridgehead atoms. The molecule has 17 heavy (non-hydrogen) atoms. The van der Waals surface area contributed by atoms with Crippen LogP contribution in [0.25, 0.3) is 0 Å². The molecule has 0 saturated carbocycles. The zero-order chi connectivity index (χ0) is 13.1. The Bertz CT molecular complexity index is 399. The highest BCUT2D eigenvalue weighted by Gasteiger charge is 2.20. The number of halogens is 1. The van der Waals surface area contributed by atoms with E-state index in [9.17, 15) is 4.79 Å². The number of hydrogen-bond donors (Lipinski definition) is 1. The number of hydrogen-bond acceptors (Lipinski definition) is 2. The van der Waals surface area contributed by atoms with Crippen LogP contribution in [-0.2, 0) is 4.79 Å². The van der Waals surface area contributed by atoms with Gasteiger partial charge in [0, 0.05) is 5.54 Å². The standard InChI is InChI=1S/C13H18ClNO2/c1-9(12(16)15-13(2,3)4)17-11-8-6-5-7-10(11)14/h5-9H,1-4H3,(H,15,16)/t9-/m1/s1. The molecule has 3 nitrogen and oxygen atoms in total. The van der Waals surface area contributed by atoms with Gasteiger partial charge in [-0.15, -0.1) is 0 Å². The van der Waals surface area contributed by atoms with Crippen molar-refractivity contribution in [2.24, 2.45) is 0 Å². The van der Waals surface area contributed by atoms with Crippen LogP contribution < -0.4 is 10.1 Å². The van der Waals surface area contributed by atoms with E-state index in [0.29, 0.717) is 10.8 Å². The summed E-state index contributed by atoms with van der Waals surface area (Å²) in [7, 11) is 0. The molecule has 4 heteroatoms.